The highest BCUT2D eigenvalue weighted by atomic mass is 14.6. The van der Waals surface area contributed by atoms with Gasteiger partial charge in [0, 0.05) is 11.6 Å². The van der Waals surface area contributed by atoms with Crippen LogP contribution in [0.5, 0.6) is 0 Å². The van der Waals surface area contributed by atoms with Gasteiger partial charge in [0.05, 0.1) is 0 Å². The van der Waals surface area contributed by atoms with Crippen LogP contribution >= 0.6 is 0 Å². The maximum Gasteiger partial charge on any atom is 0.0346 e. The highest BCUT2D eigenvalue weighted by Crippen LogP contribution is 2.38. The number of aryl methyl sites for hydroxylation is 5. The summed E-state index contributed by atoms with van der Waals surface area (Å²) in [7, 11) is 0. The predicted molar refractivity (Wildman–Crippen MR) is 118 cm³/mol. The van der Waals surface area contributed by atoms with E-state index in [1.54, 1.807) is 0 Å². The smallest absolute Gasteiger partial charge is 0.0346 e. The Morgan fingerprint density at radius 3 is 1.81 bits per heavy atom. The van der Waals surface area contributed by atoms with Crippen molar-refractivity contribution in [3.63, 3.8) is 0 Å². The Morgan fingerprint density at radius 1 is 0.704 bits per heavy atom. The van der Waals surface area contributed by atoms with Gasteiger partial charge in [-0.3, -0.25) is 0 Å². The molecule has 2 N–H and O–H groups in total. The fourth-order valence-corrected chi connectivity index (χ4v) is 3.82. The first-order valence-electron chi connectivity index (χ1n) is 9.48. The Balaban J connectivity index is 2.28. The number of nitrogen functional groups attached to an aromatic ring is 1. The summed E-state index contributed by atoms with van der Waals surface area (Å²) >= 11 is 0. The average molecular weight is 356 g/mol. The quantitative estimate of drug-likeness (QED) is 0.412. The van der Waals surface area contributed by atoms with E-state index in [0.29, 0.717) is 0 Å². The zero-order valence-corrected chi connectivity index (χ0v) is 17.1. The van der Waals surface area contributed by atoms with Crippen LogP contribution in [-0.4, -0.2) is 0 Å². The molecular weight excluding hydrogens is 326 g/mol. The number of nitrogens with two attached hydrogens (primary N) is 1. The summed E-state index contributed by atoms with van der Waals surface area (Å²) in [5.74, 6) is 0.183. The maximum atomic E-state index is 6.17. The normalized spacial score (nSPS) is 12.0. The number of benzene rings is 3. The van der Waals surface area contributed by atoms with Gasteiger partial charge >= 0.3 is 0 Å². The number of anilines is 1. The molecule has 0 saturated carbocycles. The fourth-order valence-electron chi connectivity index (χ4n) is 3.82. The molecule has 0 bridgehead atoms. The summed E-state index contributed by atoms with van der Waals surface area (Å²) in [6, 6.07) is 17.7. The van der Waals surface area contributed by atoms with E-state index in [4.69, 9.17) is 5.73 Å². The van der Waals surface area contributed by atoms with Crippen molar-refractivity contribution < 1.29 is 0 Å². The van der Waals surface area contributed by atoms with Crippen molar-refractivity contribution in [3.05, 3.63) is 105 Å². The van der Waals surface area contributed by atoms with E-state index < -0.39 is 0 Å². The second-order valence-corrected chi connectivity index (χ2v) is 7.66. The highest BCUT2D eigenvalue weighted by molar-refractivity contribution is 5.58. The van der Waals surface area contributed by atoms with Crippen molar-refractivity contribution in [2.75, 3.05) is 5.73 Å². The molecule has 1 unspecified atom stereocenters. The van der Waals surface area contributed by atoms with Crippen molar-refractivity contribution in [3.8, 4) is 0 Å². The van der Waals surface area contributed by atoms with Crippen LogP contribution in [-0.2, 0) is 0 Å². The van der Waals surface area contributed by atoms with Crippen LogP contribution in [0.3, 0.4) is 0 Å². The van der Waals surface area contributed by atoms with Crippen LogP contribution in [0.15, 0.2) is 55.1 Å². The number of rotatable bonds is 4. The van der Waals surface area contributed by atoms with Gasteiger partial charge in [-0.15, -0.1) is 0 Å². The Bertz CT molecular complexity index is 936. The molecule has 1 nitrogen and oxygen atoms in total. The van der Waals surface area contributed by atoms with Gasteiger partial charge in [0.2, 0.25) is 0 Å². The molecule has 0 aromatic heterocycles. The molecule has 0 radical (unpaired) electrons. The first kappa shape index (κ1) is 19.0. The van der Waals surface area contributed by atoms with E-state index in [1.165, 1.54) is 38.9 Å². The Hall–Kier alpha value is -2.80. The topological polar surface area (TPSA) is 26.0 Å². The second-order valence-electron chi connectivity index (χ2n) is 7.66. The molecule has 0 amide bonds. The summed E-state index contributed by atoms with van der Waals surface area (Å²) in [5.41, 5.74) is 18.5. The summed E-state index contributed by atoms with van der Waals surface area (Å²) in [5, 5.41) is 0. The zero-order valence-electron chi connectivity index (χ0n) is 17.1. The summed E-state index contributed by atoms with van der Waals surface area (Å²) in [6.45, 7) is 14.7. The van der Waals surface area contributed by atoms with E-state index in [1.807, 2.05) is 6.08 Å². The molecule has 1 heteroatoms. The minimum absolute atomic E-state index is 0.183. The average Bonchev–Trinajstić information content (AvgIpc) is 2.64. The first-order chi connectivity index (χ1) is 12.8. The van der Waals surface area contributed by atoms with Gasteiger partial charge in [0.25, 0.3) is 0 Å². The van der Waals surface area contributed by atoms with E-state index >= 15 is 0 Å². The van der Waals surface area contributed by atoms with Crippen LogP contribution in [0.4, 0.5) is 5.69 Å². The molecule has 0 spiro atoms. The molecule has 1 atom stereocenters. The standard InChI is InChI=1S/C26H29N/c1-7-21-8-10-22(11-9-21)26(23-13-17(3)16(2)12-18(23)4)24-14-20(6)25(27)15-19(24)5/h7-15,26H,1,27H2,2-6H3. The van der Waals surface area contributed by atoms with Gasteiger partial charge in [-0.25, -0.2) is 0 Å². The Kier molecular flexibility index (Phi) is 5.23. The SMILES string of the molecule is C=Cc1ccc(C(c2cc(C)c(C)cc2C)c2cc(C)c(N)cc2C)cc1. The lowest BCUT2D eigenvalue weighted by atomic mass is 9.79. The molecule has 3 aromatic rings. The highest BCUT2D eigenvalue weighted by Gasteiger charge is 2.22. The third-order valence-electron chi connectivity index (χ3n) is 5.66. The van der Waals surface area contributed by atoms with Crippen LogP contribution in [0, 0.1) is 34.6 Å². The Morgan fingerprint density at radius 2 is 1.22 bits per heavy atom. The largest absolute Gasteiger partial charge is 0.399 e. The number of hydrogen-bond acceptors (Lipinski definition) is 1. The first-order valence-corrected chi connectivity index (χ1v) is 9.48. The van der Waals surface area contributed by atoms with Crippen LogP contribution in [0.1, 0.15) is 56.0 Å². The monoisotopic (exact) mass is 355 g/mol. The zero-order chi connectivity index (χ0) is 19.7. The van der Waals surface area contributed by atoms with Gasteiger partial charge < -0.3 is 5.73 Å². The molecule has 0 heterocycles. The van der Waals surface area contributed by atoms with E-state index in [2.05, 4.69) is 89.7 Å². The third kappa shape index (κ3) is 3.68. The lowest BCUT2D eigenvalue weighted by molar-refractivity contribution is 0.941. The molecule has 0 fully saturated rings. The predicted octanol–water partition coefficient (Wildman–Crippen LogP) is 6.63. The summed E-state index contributed by atoms with van der Waals surface area (Å²) in [6.07, 6.45) is 1.89. The third-order valence-corrected chi connectivity index (χ3v) is 5.66. The Labute approximate surface area is 163 Å². The van der Waals surface area contributed by atoms with Gasteiger partial charge in [0.15, 0.2) is 0 Å². The van der Waals surface area contributed by atoms with E-state index in [9.17, 15) is 0 Å². The minimum Gasteiger partial charge on any atom is -0.399 e. The number of hydrogen-bond donors (Lipinski definition) is 1. The molecule has 3 aromatic carbocycles. The molecule has 0 aliphatic rings. The minimum atomic E-state index is 0.183. The fraction of sp³-hybridized carbons (Fsp3) is 0.231. The molecular formula is C26H29N. The molecule has 27 heavy (non-hydrogen) atoms. The van der Waals surface area contributed by atoms with Crippen LogP contribution in [0.2, 0.25) is 0 Å². The van der Waals surface area contributed by atoms with Gasteiger partial charge in [0.1, 0.15) is 0 Å². The van der Waals surface area contributed by atoms with Gasteiger partial charge in [-0.2, -0.15) is 0 Å². The molecule has 0 aliphatic carbocycles. The molecule has 3 rings (SSSR count). The maximum absolute atomic E-state index is 6.17. The van der Waals surface area contributed by atoms with E-state index in [0.717, 1.165) is 16.8 Å². The van der Waals surface area contributed by atoms with Crippen molar-refractivity contribution in [1.82, 2.24) is 0 Å². The van der Waals surface area contributed by atoms with Gasteiger partial charge in [-0.1, -0.05) is 55.1 Å². The molecule has 0 aliphatic heterocycles. The van der Waals surface area contributed by atoms with Crippen molar-refractivity contribution in [2.45, 2.75) is 40.5 Å². The summed E-state index contributed by atoms with van der Waals surface area (Å²) in [4.78, 5) is 0. The van der Waals surface area contributed by atoms with E-state index in [-0.39, 0.29) is 5.92 Å². The molecule has 0 saturated heterocycles. The second kappa shape index (κ2) is 7.44. The van der Waals surface area contributed by atoms with Crippen molar-refractivity contribution >= 4 is 11.8 Å². The molecule has 138 valence electrons. The summed E-state index contributed by atoms with van der Waals surface area (Å²) < 4.78 is 0. The van der Waals surface area contributed by atoms with Crippen molar-refractivity contribution in [1.29, 1.82) is 0 Å². The lowest BCUT2D eigenvalue weighted by Gasteiger charge is -2.25. The van der Waals surface area contributed by atoms with Crippen LogP contribution in [0.25, 0.3) is 6.08 Å². The lowest BCUT2D eigenvalue weighted by Crippen LogP contribution is -2.09. The van der Waals surface area contributed by atoms with Crippen LogP contribution < -0.4 is 5.73 Å². The van der Waals surface area contributed by atoms with Gasteiger partial charge in [-0.05, 0) is 90.8 Å². The van der Waals surface area contributed by atoms with Crippen molar-refractivity contribution in [2.24, 2.45) is 0 Å².